The van der Waals surface area contributed by atoms with Crippen LogP contribution in [0.2, 0.25) is 5.28 Å². The number of aromatic nitrogens is 5. The number of likely N-dealkylation sites (N-methyl/N-ethyl adjacent to an activating group) is 1. The van der Waals surface area contributed by atoms with Gasteiger partial charge in [-0.25, -0.2) is 19.7 Å². The fraction of sp³-hybridized carbons (Fsp3) is 0.450. The maximum atomic E-state index is 12.7. The van der Waals surface area contributed by atoms with Gasteiger partial charge in [-0.3, -0.25) is 0 Å². The van der Waals surface area contributed by atoms with E-state index in [2.05, 4.69) is 36.9 Å². The smallest absolute Gasteiger partial charge is 0.435 e. The Bertz CT molecular complexity index is 1070. The summed E-state index contributed by atoms with van der Waals surface area (Å²) in [5.41, 5.74) is 1.46. The van der Waals surface area contributed by atoms with Crippen molar-refractivity contribution >= 4 is 34.5 Å². The standard InChI is InChI=1S/C20H24ClN7O2/c1-20(2,3)30-19(29)28-14-12-23-18(21)24-17(14)16(25-28)13-5-6-15(22-11-13)27-9-7-26(4)8-10-27/h5-6,11-12H,7-10H2,1-4H3. The van der Waals surface area contributed by atoms with Crippen molar-refractivity contribution in [1.82, 2.24) is 29.6 Å². The van der Waals surface area contributed by atoms with E-state index in [-0.39, 0.29) is 5.28 Å². The highest BCUT2D eigenvalue weighted by Crippen LogP contribution is 2.28. The third-order valence-electron chi connectivity index (χ3n) is 4.81. The summed E-state index contributed by atoms with van der Waals surface area (Å²) in [5.74, 6) is 0.912. The van der Waals surface area contributed by atoms with E-state index >= 15 is 0 Å². The molecule has 0 N–H and O–H groups in total. The molecule has 0 radical (unpaired) electrons. The molecule has 1 aliphatic rings. The van der Waals surface area contributed by atoms with E-state index in [1.807, 2.05) is 12.1 Å². The van der Waals surface area contributed by atoms with E-state index in [4.69, 9.17) is 16.3 Å². The third kappa shape index (κ3) is 4.22. The number of hydrogen-bond donors (Lipinski definition) is 0. The van der Waals surface area contributed by atoms with Gasteiger partial charge in [0, 0.05) is 37.9 Å². The number of hydrogen-bond acceptors (Lipinski definition) is 8. The van der Waals surface area contributed by atoms with Crippen molar-refractivity contribution in [3.63, 3.8) is 0 Å². The molecule has 10 heteroatoms. The van der Waals surface area contributed by atoms with Gasteiger partial charge in [-0.15, -0.1) is 0 Å². The number of fused-ring (bicyclic) bond motifs is 1. The van der Waals surface area contributed by atoms with E-state index in [0.29, 0.717) is 16.7 Å². The second-order valence-electron chi connectivity index (χ2n) is 8.31. The van der Waals surface area contributed by atoms with Crippen molar-refractivity contribution in [1.29, 1.82) is 0 Å². The molecule has 0 bridgehead atoms. The van der Waals surface area contributed by atoms with Crippen LogP contribution in [0.25, 0.3) is 22.3 Å². The average molecular weight is 430 g/mol. The topological polar surface area (TPSA) is 89.3 Å². The molecule has 9 nitrogen and oxygen atoms in total. The van der Waals surface area contributed by atoms with E-state index in [9.17, 15) is 4.79 Å². The van der Waals surface area contributed by atoms with Gasteiger partial charge >= 0.3 is 6.09 Å². The fourth-order valence-corrected chi connectivity index (χ4v) is 3.41. The SMILES string of the molecule is CN1CCN(c2ccc(-c3nn(C(=O)OC(C)(C)C)c4cnc(Cl)nc34)cn2)CC1. The maximum Gasteiger partial charge on any atom is 0.435 e. The molecule has 158 valence electrons. The number of carbonyl (C=O) groups excluding carboxylic acids is 1. The van der Waals surface area contributed by atoms with Crippen molar-refractivity contribution in [3.8, 4) is 11.3 Å². The van der Waals surface area contributed by atoms with Crippen molar-refractivity contribution < 1.29 is 9.53 Å². The van der Waals surface area contributed by atoms with Gasteiger partial charge < -0.3 is 14.5 Å². The van der Waals surface area contributed by atoms with Crippen LogP contribution >= 0.6 is 11.6 Å². The van der Waals surface area contributed by atoms with Crippen LogP contribution in [-0.4, -0.2) is 74.6 Å². The first kappa shape index (κ1) is 20.5. The lowest BCUT2D eigenvalue weighted by atomic mass is 10.2. The first-order valence-electron chi connectivity index (χ1n) is 9.76. The van der Waals surface area contributed by atoms with Gasteiger partial charge in [0.1, 0.15) is 28.1 Å². The van der Waals surface area contributed by atoms with E-state index in [1.54, 1.807) is 27.0 Å². The molecule has 0 amide bonds. The number of halogens is 1. The number of rotatable bonds is 2. The first-order chi connectivity index (χ1) is 14.2. The Morgan fingerprint density at radius 2 is 1.83 bits per heavy atom. The Morgan fingerprint density at radius 1 is 1.10 bits per heavy atom. The molecule has 0 aromatic carbocycles. The minimum absolute atomic E-state index is 0.0782. The van der Waals surface area contributed by atoms with Crippen LogP contribution in [0.5, 0.6) is 0 Å². The minimum atomic E-state index is -0.658. The number of ether oxygens (including phenoxy) is 1. The van der Waals surface area contributed by atoms with Crippen molar-refractivity contribution in [2.24, 2.45) is 0 Å². The highest BCUT2D eigenvalue weighted by molar-refractivity contribution is 6.28. The van der Waals surface area contributed by atoms with E-state index in [0.717, 1.165) is 37.6 Å². The summed E-state index contributed by atoms with van der Waals surface area (Å²) in [6.45, 7) is 9.26. The Hall–Kier alpha value is -2.78. The van der Waals surface area contributed by atoms with Crippen LogP contribution in [0, 0.1) is 0 Å². The second kappa shape index (κ2) is 7.81. The number of anilines is 1. The quantitative estimate of drug-likeness (QED) is 0.574. The Balaban J connectivity index is 1.70. The highest BCUT2D eigenvalue weighted by Gasteiger charge is 2.24. The van der Waals surface area contributed by atoms with Gasteiger partial charge in [0.15, 0.2) is 0 Å². The van der Waals surface area contributed by atoms with Crippen molar-refractivity contribution in [2.75, 3.05) is 38.1 Å². The zero-order valence-corrected chi connectivity index (χ0v) is 18.2. The Morgan fingerprint density at radius 3 is 2.47 bits per heavy atom. The molecular formula is C20H24ClN7O2. The number of piperazine rings is 1. The number of pyridine rings is 1. The summed E-state index contributed by atoms with van der Waals surface area (Å²) in [6.07, 6.45) is 2.61. The van der Waals surface area contributed by atoms with Crippen molar-refractivity contribution in [3.05, 3.63) is 29.8 Å². The monoisotopic (exact) mass is 429 g/mol. The Kier molecular flexibility index (Phi) is 5.33. The van der Waals surface area contributed by atoms with Gasteiger partial charge in [0.05, 0.1) is 6.20 Å². The van der Waals surface area contributed by atoms with Gasteiger partial charge in [0.2, 0.25) is 5.28 Å². The Labute approximate surface area is 179 Å². The molecular weight excluding hydrogens is 406 g/mol. The van der Waals surface area contributed by atoms with Crippen molar-refractivity contribution in [2.45, 2.75) is 26.4 Å². The largest absolute Gasteiger partial charge is 0.442 e. The molecule has 0 aliphatic carbocycles. The van der Waals surface area contributed by atoms with Crippen LogP contribution in [0.3, 0.4) is 0 Å². The third-order valence-corrected chi connectivity index (χ3v) is 4.99. The predicted molar refractivity (Wildman–Crippen MR) is 115 cm³/mol. The molecule has 30 heavy (non-hydrogen) atoms. The maximum absolute atomic E-state index is 12.7. The first-order valence-corrected chi connectivity index (χ1v) is 10.1. The average Bonchev–Trinajstić information content (AvgIpc) is 3.06. The molecule has 0 unspecified atom stereocenters. The summed E-state index contributed by atoms with van der Waals surface area (Å²) in [6, 6.07) is 3.89. The minimum Gasteiger partial charge on any atom is -0.442 e. The summed E-state index contributed by atoms with van der Waals surface area (Å²) >= 11 is 6.01. The molecule has 3 aromatic rings. The predicted octanol–water partition coefficient (Wildman–Crippen LogP) is 3.08. The highest BCUT2D eigenvalue weighted by atomic mass is 35.5. The lowest BCUT2D eigenvalue weighted by Gasteiger charge is -2.33. The van der Waals surface area contributed by atoms with E-state index < -0.39 is 11.7 Å². The van der Waals surface area contributed by atoms with Gasteiger partial charge in [-0.05, 0) is 51.6 Å². The van der Waals surface area contributed by atoms with Crippen LogP contribution < -0.4 is 4.90 Å². The molecule has 0 saturated carbocycles. The van der Waals surface area contributed by atoms with Crippen LogP contribution in [0.15, 0.2) is 24.5 Å². The molecule has 0 spiro atoms. The van der Waals surface area contributed by atoms with E-state index in [1.165, 1.54) is 10.9 Å². The molecule has 4 heterocycles. The summed E-state index contributed by atoms with van der Waals surface area (Å²) in [4.78, 5) is 30.1. The van der Waals surface area contributed by atoms with Gasteiger partial charge in [-0.2, -0.15) is 9.78 Å². The summed E-state index contributed by atoms with van der Waals surface area (Å²) in [7, 11) is 2.12. The molecule has 1 fully saturated rings. The lowest BCUT2D eigenvalue weighted by molar-refractivity contribution is 0.0523. The second-order valence-corrected chi connectivity index (χ2v) is 8.65. The number of carbonyl (C=O) groups is 1. The van der Waals surface area contributed by atoms with Crippen LogP contribution in [0.1, 0.15) is 20.8 Å². The molecule has 1 saturated heterocycles. The fourth-order valence-electron chi connectivity index (χ4n) is 3.27. The summed E-state index contributed by atoms with van der Waals surface area (Å²) in [5, 5.41) is 4.54. The summed E-state index contributed by atoms with van der Waals surface area (Å²) < 4.78 is 6.63. The molecule has 1 aliphatic heterocycles. The lowest BCUT2D eigenvalue weighted by Crippen LogP contribution is -2.44. The molecule has 4 rings (SSSR count). The van der Waals surface area contributed by atoms with Gasteiger partial charge in [-0.1, -0.05) is 0 Å². The molecule has 3 aromatic heterocycles. The zero-order chi connectivity index (χ0) is 21.5. The normalized spacial score (nSPS) is 15.6. The molecule has 0 atom stereocenters. The zero-order valence-electron chi connectivity index (χ0n) is 17.5. The van der Waals surface area contributed by atoms with Crippen LogP contribution in [0.4, 0.5) is 10.6 Å². The van der Waals surface area contributed by atoms with Gasteiger partial charge in [0.25, 0.3) is 0 Å². The van der Waals surface area contributed by atoms with Crippen LogP contribution in [-0.2, 0) is 4.74 Å². The number of nitrogens with zero attached hydrogens (tertiary/aromatic N) is 7.